The second-order valence-electron chi connectivity index (χ2n) is 10.9. The van der Waals surface area contributed by atoms with E-state index in [4.69, 9.17) is 0 Å². The zero-order valence-corrected chi connectivity index (χ0v) is 25.5. The summed E-state index contributed by atoms with van der Waals surface area (Å²) in [6, 6.07) is 43.3. The second kappa shape index (κ2) is 15.1. The van der Waals surface area contributed by atoms with Crippen LogP contribution in [0.2, 0.25) is 0 Å². The Morgan fingerprint density at radius 1 is 0.674 bits per heavy atom. The highest BCUT2D eigenvalue weighted by Gasteiger charge is 2.31. The van der Waals surface area contributed by atoms with E-state index in [2.05, 4.69) is 16.7 Å². The molecule has 7 nitrogen and oxygen atoms in total. The van der Waals surface area contributed by atoms with Gasteiger partial charge in [-0.2, -0.15) is 5.26 Å². The fourth-order valence-corrected chi connectivity index (χ4v) is 5.21. The Bertz CT molecular complexity index is 1810. The first-order valence-corrected chi connectivity index (χ1v) is 15.0. The van der Waals surface area contributed by atoms with Gasteiger partial charge in [0.1, 0.15) is 6.04 Å². The van der Waals surface area contributed by atoms with Gasteiger partial charge in [-0.25, -0.2) is 0 Å². The average molecular weight is 607 g/mol. The van der Waals surface area contributed by atoms with E-state index in [1.807, 2.05) is 109 Å². The van der Waals surface area contributed by atoms with Crippen LogP contribution in [-0.2, 0) is 22.6 Å². The first-order valence-electron chi connectivity index (χ1n) is 15.0. The van der Waals surface area contributed by atoms with E-state index in [-0.39, 0.29) is 31.3 Å². The number of benzene rings is 5. The second-order valence-corrected chi connectivity index (χ2v) is 10.9. The van der Waals surface area contributed by atoms with Crippen LogP contribution < -0.4 is 10.6 Å². The molecule has 0 fully saturated rings. The van der Waals surface area contributed by atoms with Crippen molar-refractivity contribution in [3.63, 3.8) is 0 Å². The van der Waals surface area contributed by atoms with Crippen molar-refractivity contribution in [2.24, 2.45) is 0 Å². The number of nitrogens with zero attached hydrogens (tertiary/aromatic N) is 2. The maximum absolute atomic E-state index is 14.2. The van der Waals surface area contributed by atoms with Gasteiger partial charge in [-0.3, -0.25) is 14.4 Å². The summed E-state index contributed by atoms with van der Waals surface area (Å²) < 4.78 is 0. The van der Waals surface area contributed by atoms with Crippen LogP contribution in [0.15, 0.2) is 133 Å². The Kier molecular flexibility index (Phi) is 10.3. The Morgan fingerprint density at radius 3 is 1.67 bits per heavy atom. The first-order chi connectivity index (χ1) is 22.4. The number of amides is 3. The van der Waals surface area contributed by atoms with Crippen molar-refractivity contribution in [2.45, 2.75) is 19.0 Å². The quantitative estimate of drug-likeness (QED) is 0.192. The van der Waals surface area contributed by atoms with E-state index < -0.39 is 11.9 Å². The van der Waals surface area contributed by atoms with Gasteiger partial charge in [0.25, 0.3) is 5.91 Å². The number of hydrogen-bond acceptors (Lipinski definition) is 4. The molecule has 5 aromatic carbocycles. The largest absolute Gasteiger partial charge is 0.358 e. The third-order valence-corrected chi connectivity index (χ3v) is 7.81. The molecule has 0 aliphatic carbocycles. The molecule has 1 atom stereocenters. The van der Waals surface area contributed by atoms with Gasteiger partial charge in [0.05, 0.1) is 18.2 Å². The van der Waals surface area contributed by atoms with Crippen LogP contribution in [0.3, 0.4) is 0 Å². The molecule has 0 heterocycles. The van der Waals surface area contributed by atoms with E-state index in [0.29, 0.717) is 11.1 Å². The van der Waals surface area contributed by atoms with Crippen LogP contribution in [-0.4, -0.2) is 42.3 Å². The van der Waals surface area contributed by atoms with Gasteiger partial charge in [0.15, 0.2) is 0 Å². The minimum absolute atomic E-state index is 0.147. The van der Waals surface area contributed by atoms with E-state index in [1.165, 1.54) is 7.05 Å². The Morgan fingerprint density at radius 2 is 1.17 bits per heavy atom. The molecular weight excluding hydrogens is 572 g/mol. The lowest BCUT2D eigenvalue weighted by molar-refractivity contribution is -0.129. The van der Waals surface area contributed by atoms with Crippen LogP contribution in [0.25, 0.3) is 22.3 Å². The van der Waals surface area contributed by atoms with Crippen LogP contribution >= 0.6 is 0 Å². The molecule has 0 spiro atoms. The summed E-state index contributed by atoms with van der Waals surface area (Å²) >= 11 is 0. The molecule has 0 radical (unpaired) electrons. The molecule has 228 valence electrons. The number of rotatable bonds is 11. The van der Waals surface area contributed by atoms with Gasteiger partial charge in [0, 0.05) is 25.6 Å². The third-order valence-electron chi connectivity index (χ3n) is 7.81. The monoisotopic (exact) mass is 606 g/mol. The van der Waals surface area contributed by atoms with Crippen molar-refractivity contribution in [1.29, 1.82) is 5.26 Å². The molecule has 5 aromatic rings. The lowest BCUT2D eigenvalue weighted by Gasteiger charge is -2.31. The fourth-order valence-electron chi connectivity index (χ4n) is 5.21. The molecule has 0 saturated carbocycles. The first kappa shape index (κ1) is 31.4. The van der Waals surface area contributed by atoms with Crippen molar-refractivity contribution in [3.8, 4) is 28.3 Å². The Balaban J connectivity index is 1.50. The molecule has 0 bridgehead atoms. The Labute approximate surface area is 269 Å². The number of carbonyl (C=O) groups is 3. The number of carbonyl (C=O) groups excluding carboxylic acids is 3. The summed E-state index contributed by atoms with van der Waals surface area (Å²) in [5.74, 6) is -1.16. The zero-order chi connectivity index (χ0) is 32.3. The van der Waals surface area contributed by atoms with Gasteiger partial charge in [0.2, 0.25) is 11.8 Å². The van der Waals surface area contributed by atoms with Gasteiger partial charge in [-0.15, -0.1) is 0 Å². The predicted molar refractivity (Wildman–Crippen MR) is 179 cm³/mol. The molecule has 0 aliphatic rings. The Hall–Kier alpha value is -6.00. The summed E-state index contributed by atoms with van der Waals surface area (Å²) in [7, 11) is 1.50. The zero-order valence-electron chi connectivity index (χ0n) is 25.5. The molecule has 0 aromatic heterocycles. The summed E-state index contributed by atoms with van der Waals surface area (Å²) in [6.45, 7) is -0.0719. The summed E-state index contributed by atoms with van der Waals surface area (Å²) in [5.41, 5.74) is 6.69. The fraction of sp³-hybridized carbons (Fsp3) is 0.128. The number of likely N-dealkylation sites (N-methyl/N-ethyl adjacent to an activating group) is 1. The maximum Gasteiger partial charge on any atom is 0.254 e. The molecule has 3 amide bonds. The van der Waals surface area contributed by atoms with E-state index in [0.717, 1.165) is 33.4 Å². The average Bonchev–Trinajstić information content (AvgIpc) is 3.13. The highest BCUT2D eigenvalue weighted by atomic mass is 16.2. The van der Waals surface area contributed by atoms with Crippen molar-refractivity contribution >= 4 is 17.7 Å². The third kappa shape index (κ3) is 7.93. The molecule has 0 aliphatic heterocycles. The number of nitriles is 1. The van der Waals surface area contributed by atoms with Crippen LogP contribution in [0.1, 0.15) is 27.0 Å². The molecule has 1 unspecified atom stereocenters. The minimum atomic E-state index is -0.941. The molecule has 0 saturated heterocycles. The molecule has 7 heteroatoms. The molecular formula is C39H34N4O3. The van der Waals surface area contributed by atoms with Gasteiger partial charge in [-0.05, 0) is 57.6 Å². The van der Waals surface area contributed by atoms with Gasteiger partial charge in [-0.1, -0.05) is 109 Å². The van der Waals surface area contributed by atoms with Crippen molar-refractivity contribution in [1.82, 2.24) is 15.5 Å². The number of nitrogens with one attached hydrogen (secondary N) is 2. The maximum atomic E-state index is 14.2. The van der Waals surface area contributed by atoms with Crippen LogP contribution in [0.4, 0.5) is 0 Å². The lowest BCUT2D eigenvalue weighted by Crippen LogP contribution is -2.51. The van der Waals surface area contributed by atoms with Gasteiger partial charge < -0.3 is 15.5 Å². The SMILES string of the molecule is CNC(=O)CNC(=O)C(Cc1ccc(-c2ccccc2)cc1)N(Cc1ccc(-c2ccccc2)cc1)C(=O)c1ccc(C#N)cc1. The van der Waals surface area contributed by atoms with E-state index >= 15 is 0 Å². The highest BCUT2D eigenvalue weighted by molar-refractivity contribution is 5.98. The minimum Gasteiger partial charge on any atom is -0.358 e. The standard InChI is InChI=1S/C39H34N4O3/c1-41-37(44)26-42-38(45)36(24-28-12-18-33(19-13-28)31-8-4-2-5-9-31)43(39(46)35-22-14-29(25-40)15-23-35)27-30-16-20-34(21-17-30)32-10-6-3-7-11-32/h2-23,36H,24,26-27H2,1H3,(H,41,44)(H,42,45). The van der Waals surface area contributed by atoms with Crippen LogP contribution in [0, 0.1) is 11.3 Å². The molecule has 46 heavy (non-hydrogen) atoms. The normalized spacial score (nSPS) is 11.1. The highest BCUT2D eigenvalue weighted by Crippen LogP contribution is 2.24. The topological polar surface area (TPSA) is 102 Å². The smallest absolute Gasteiger partial charge is 0.254 e. The van der Waals surface area contributed by atoms with Crippen LogP contribution in [0.5, 0.6) is 0 Å². The van der Waals surface area contributed by atoms with Crippen molar-refractivity contribution in [2.75, 3.05) is 13.6 Å². The van der Waals surface area contributed by atoms with Gasteiger partial charge >= 0.3 is 0 Å². The molecule has 2 N–H and O–H groups in total. The van der Waals surface area contributed by atoms with Crippen molar-refractivity contribution in [3.05, 3.63) is 156 Å². The summed E-state index contributed by atoms with van der Waals surface area (Å²) in [4.78, 5) is 41.6. The number of hydrogen-bond donors (Lipinski definition) is 2. The van der Waals surface area contributed by atoms with E-state index in [9.17, 15) is 19.6 Å². The molecule has 5 rings (SSSR count). The van der Waals surface area contributed by atoms with Crippen molar-refractivity contribution < 1.29 is 14.4 Å². The lowest BCUT2D eigenvalue weighted by atomic mass is 9.98. The summed E-state index contributed by atoms with van der Waals surface area (Å²) in [5, 5.41) is 14.5. The van der Waals surface area contributed by atoms with E-state index in [1.54, 1.807) is 29.2 Å². The summed E-state index contributed by atoms with van der Waals surface area (Å²) in [6.07, 6.45) is 0.221. The predicted octanol–water partition coefficient (Wildman–Crippen LogP) is 6.01.